The molecule has 9 nitrogen and oxygen atoms in total. The zero-order valence-corrected chi connectivity index (χ0v) is 30.7. The van der Waals surface area contributed by atoms with Crippen molar-refractivity contribution in [3.8, 4) is 0 Å². The van der Waals surface area contributed by atoms with E-state index in [9.17, 15) is 0 Å². The first-order chi connectivity index (χ1) is 23.2. The number of hydrogen-bond acceptors (Lipinski definition) is 8. The number of hydrogen-bond donors (Lipinski definition) is 8. The summed E-state index contributed by atoms with van der Waals surface area (Å²) in [6, 6.07) is 0. The summed E-state index contributed by atoms with van der Waals surface area (Å²) in [6.45, 7) is 2.80. The minimum atomic E-state index is 0. The van der Waals surface area contributed by atoms with Crippen molar-refractivity contribution in [1.82, 2.24) is 42.5 Å². The van der Waals surface area contributed by atoms with Gasteiger partial charge in [-0.25, -0.2) is 0 Å². The van der Waals surface area contributed by atoms with Gasteiger partial charge in [0.2, 0.25) is 0 Å². The van der Waals surface area contributed by atoms with E-state index in [4.69, 9.17) is 5.73 Å². The maximum absolute atomic E-state index is 6.78. The van der Waals surface area contributed by atoms with Crippen molar-refractivity contribution in [2.45, 2.75) is 178 Å². The van der Waals surface area contributed by atoms with Gasteiger partial charge in [-0.1, -0.05) is 84.0 Å². The van der Waals surface area contributed by atoms with Crippen LogP contribution in [0.15, 0.2) is 0 Å². The first-order valence-corrected chi connectivity index (χ1v) is 20.8. The zero-order valence-electron chi connectivity index (χ0n) is 29.8. The summed E-state index contributed by atoms with van der Waals surface area (Å²) < 4.78 is 0. The molecule has 16 atom stereocenters. The van der Waals surface area contributed by atoms with Gasteiger partial charge in [0, 0.05) is 6.17 Å². The maximum Gasteiger partial charge on any atom is 2.00 e. The molecule has 8 bridgehead atoms. The Morgan fingerprint density at radius 3 is 1.12 bits per heavy atom. The second-order valence-corrected chi connectivity index (χ2v) is 17.2. The monoisotopic (exact) mass is 714 g/mol. The van der Waals surface area contributed by atoms with Crippen LogP contribution in [-0.2, 0) is 17.1 Å². The van der Waals surface area contributed by atoms with Gasteiger partial charge in [-0.15, -0.1) is 5.92 Å². The quantitative estimate of drug-likeness (QED) is 0.116. The summed E-state index contributed by atoms with van der Waals surface area (Å²) in [5, 5.41) is 33.7. The van der Waals surface area contributed by atoms with Crippen LogP contribution in [0.1, 0.15) is 129 Å². The van der Waals surface area contributed by atoms with Crippen molar-refractivity contribution in [3.63, 3.8) is 0 Å². The van der Waals surface area contributed by atoms with Gasteiger partial charge in [0.15, 0.2) is 0 Å². The number of nitrogens with one attached hydrogen (secondary N) is 9. The van der Waals surface area contributed by atoms with E-state index in [0.29, 0.717) is 67.7 Å². The van der Waals surface area contributed by atoms with Gasteiger partial charge in [0.1, 0.15) is 0 Å². The second-order valence-electron chi connectivity index (χ2n) is 17.2. The van der Waals surface area contributed by atoms with Crippen LogP contribution in [0.4, 0.5) is 0 Å². The van der Waals surface area contributed by atoms with Gasteiger partial charge in [0.25, 0.3) is 0 Å². The number of unbranched alkanes of at least 4 members (excludes halogenated alkanes) is 3. The van der Waals surface area contributed by atoms with E-state index in [1.165, 1.54) is 116 Å². The van der Waals surface area contributed by atoms with Gasteiger partial charge in [0.05, 0.1) is 43.2 Å². The molecule has 9 N–H and O–H groups in total. The van der Waals surface area contributed by atoms with Gasteiger partial charge in [-0.2, -0.15) is 13.0 Å². The Morgan fingerprint density at radius 2 is 0.771 bits per heavy atom. The van der Waals surface area contributed by atoms with E-state index in [2.05, 4.69) is 55.9 Å². The number of fused-ring (bicyclic) bond motifs is 20. The molecular weight excluding hydrogens is 646 g/mol. The predicted molar refractivity (Wildman–Crippen MR) is 190 cm³/mol. The normalized spacial score (nSPS) is 49.4. The molecule has 10 heteroatoms. The first-order valence-electron chi connectivity index (χ1n) is 20.8. The molecule has 0 aromatic carbocycles. The van der Waals surface area contributed by atoms with Crippen LogP contribution >= 0.6 is 0 Å². The molecule has 277 valence electrons. The Balaban J connectivity index is 0.000000415. The van der Waals surface area contributed by atoms with E-state index in [-0.39, 0.29) is 17.1 Å². The Kier molecular flexibility index (Phi) is 12.8. The second kappa shape index (κ2) is 16.9. The fraction of sp³-hybridized carbons (Fsp3) is 0.974. The maximum atomic E-state index is 6.78. The van der Waals surface area contributed by atoms with Crippen molar-refractivity contribution in [1.29, 1.82) is 0 Å². The Hall–Kier alpha value is 0.159. The van der Waals surface area contributed by atoms with E-state index in [1.807, 2.05) is 0 Å². The molecule has 48 heavy (non-hydrogen) atoms. The third-order valence-corrected chi connectivity index (χ3v) is 14.6. The average molecular weight is 716 g/mol. The van der Waals surface area contributed by atoms with Crippen molar-refractivity contribution < 1.29 is 17.1 Å². The Morgan fingerprint density at radius 1 is 0.438 bits per heavy atom. The van der Waals surface area contributed by atoms with Crippen molar-refractivity contribution in [3.05, 3.63) is 12.2 Å². The number of rotatable bonds is 4. The molecule has 4 saturated carbocycles. The fourth-order valence-corrected chi connectivity index (χ4v) is 12.3. The molecule has 4 aliphatic carbocycles. The molecular formula is C38H69CuN9. The van der Waals surface area contributed by atoms with Crippen LogP contribution < -0.4 is 42.5 Å². The molecule has 9 aliphatic rings. The fourth-order valence-electron chi connectivity index (χ4n) is 12.3. The first kappa shape index (κ1) is 36.5. The summed E-state index contributed by atoms with van der Waals surface area (Å²) in [7, 11) is 0. The average Bonchev–Trinajstić information content (AvgIpc) is 3.85. The minimum absolute atomic E-state index is 0. The van der Waals surface area contributed by atoms with Gasteiger partial charge in [-0.05, 0) is 80.0 Å². The van der Waals surface area contributed by atoms with Crippen LogP contribution in [-0.4, -0.2) is 55.9 Å². The van der Waals surface area contributed by atoms with Crippen molar-refractivity contribution in [2.24, 2.45) is 47.3 Å². The molecule has 0 aromatic heterocycles. The Labute approximate surface area is 303 Å². The van der Waals surface area contributed by atoms with Crippen LogP contribution in [0, 0.1) is 53.8 Å². The van der Waals surface area contributed by atoms with Crippen molar-refractivity contribution in [2.75, 3.05) is 6.54 Å². The summed E-state index contributed by atoms with van der Waals surface area (Å²) in [6.07, 6.45) is 31.4. The van der Waals surface area contributed by atoms with E-state index < -0.39 is 0 Å². The van der Waals surface area contributed by atoms with Gasteiger partial charge >= 0.3 is 17.1 Å². The summed E-state index contributed by atoms with van der Waals surface area (Å²) >= 11 is 0. The summed E-state index contributed by atoms with van der Waals surface area (Å²) in [4.78, 5) is 0. The molecule has 16 unspecified atom stereocenters. The van der Waals surface area contributed by atoms with E-state index >= 15 is 0 Å². The largest absolute Gasteiger partial charge is 2.00 e. The summed E-state index contributed by atoms with van der Waals surface area (Å²) in [5.41, 5.74) is 6.78. The third kappa shape index (κ3) is 7.48. The molecule has 1 radical (unpaired) electrons. The molecule has 5 aliphatic heterocycles. The third-order valence-electron chi connectivity index (χ3n) is 14.6. The zero-order chi connectivity index (χ0) is 31.7. The SMILES string of the molecule is CCCCCC[NH-].[CH-]1CCCC2C3NC(NC4NC(NC5NC(NC6NC(N3)C3CCCCC63)C3CCCCC53)C3CCCCC43)C12.[Cu+2]. The molecule has 0 amide bonds. The van der Waals surface area contributed by atoms with E-state index in [1.54, 1.807) is 0 Å². The molecule has 0 aromatic rings. The molecule has 5 heterocycles. The van der Waals surface area contributed by atoms with Crippen LogP contribution in [0.2, 0.25) is 0 Å². The van der Waals surface area contributed by atoms with Crippen LogP contribution in [0.3, 0.4) is 0 Å². The molecule has 9 rings (SSSR count). The van der Waals surface area contributed by atoms with Crippen molar-refractivity contribution >= 4 is 0 Å². The summed E-state index contributed by atoms with van der Waals surface area (Å²) in [5.74, 6) is 5.74. The van der Waals surface area contributed by atoms with Crippen LogP contribution in [0.25, 0.3) is 5.73 Å². The van der Waals surface area contributed by atoms with E-state index in [0.717, 1.165) is 41.9 Å². The van der Waals surface area contributed by atoms with Gasteiger partial charge in [-0.3, -0.25) is 42.5 Å². The van der Waals surface area contributed by atoms with Gasteiger partial charge < -0.3 is 12.2 Å². The topological polar surface area (TPSA) is 120 Å². The Bertz CT molecular complexity index is 793. The van der Waals surface area contributed by atoms with Crippen LogP contribution in [0.5, 0.6) is 0 Å². The predicted octanol–water partition coefficient (Wildman–Crippen LogP) is 5.04. The smallest absolute Gasteiger partial charge is 0.677 e. The molecule has 5 saturated heterocycles. The molecule has 9 fully saturated rings. The molecule has 0 spiro atoms. The standard InChI is InChI=1S/C32H55N8.C6H14N.Cu/c1-2-10-18-17(9-1)25-33-26(18)38-28-21-13-5-6-14-22(21)30(35-28)40-32-24-16-8-7-15-23(24)31(36-32)39-29-20-12-4-3-11-19(20)27(34-29)37-25;1-2-3-4-5-6-7;/h9,17-40H,1-8,10-16H2;7H,2-6H2,1H3;/q2*-1;+2. The minimum Gasteiger partial charge on any atom is -0.677 e.